The van der Waals surface area contributed by atoms with Crippen molar-refractivity contribution in [2.45, 2.75) is 26.7 Å². The van der Waals surface area contributed by atoms with Gasteiger partial charge in [-0.15, -0.1) is 0 Å². The Balaban J connectivity index is 1.79. The number of allylic oxidation sites excluding steroid dienone is 4. The molecular weight excluding hydrogens is 336 g/mol. The number of hydrogen-bond donors (Lipinski definition) is 0. The topological polar surface area (TPSA) is 0 Å². The Labute approximate surface area is 166 Å². The summed E-state index contributed by atoms with van der Waals surface area (Å²) in [5, 5.41) is 5.60. The van der Waals surface area contributed by atoms with Gasteiger partial charge in [-0.3, -0.25) is 0 Å². The van der Waals surface area contributed by atoms with Crippen molar-refractivity contribution in [2.75, 3.05) is 0 Å². The Morgan fingerprint density at radius 2 is 1.54 bits per heavy atom. The Morgan fingerprint density at radius 1 is 0.750 bits per heavy atom. The number of fused-ring (bicyclic) bond motifs is 2. The van der Waals surface area contributed by atoms with Crippen LogP contribution < -0.4 is 0 Å². The molecule has 4 aromatic carbocycles. The largest absolute Gasteiger partial charge is 0.0871 e. The van der Waals surface area contributed by atoms with E-state index in [4.69, 9.17) is 0 Å². The molecule has 0 fully saturated rings. The highest BCUT2D eigenvalue weighted by molar-refractivity contribution is 6.12. The summed E-state index contributed by atoms with van der Waals surface area (Å²) in [5.74, 6) is 0. The van der Waals surface area contributed by atoms with Crippen molar-refractivity contribution in [3.8, 4) is 11.1 Å². The molecule has 0 atom stereocenters. The van der Waals surface area contributed by atoms with Gasteiger partial charge in [0.25, 0.3) is 0 Å². The molecule has 0 heteroatoms. The van der Waals surface area contributed by atoms with E-state index in [1.54, 1.807) is 0 Å². The van der Waals surface area contributed by atoms with Crippen LogP contribution in [-0.4, -0.2) is 0 Å². The van der Waals surface area contributed by atoms with E-state index in [0.29, 0.717) is 0 Å². The molecule has 0 unspecified atom stereocenters. The van der Waals surface area contributed by atoms with Gasteiger partial charge in [0.15, 0.2) is 0 Å². The lowest BCUT2D eigenvalue weighted by Gasteiger charge is -2.12. The fourth-order valence-corrected chi connectivity index (χ4v) is 4.66. The SMILES string of the molecule is C/C=C\C(=C/C)c1cc2c3c(cc4cc(-c5ccccc5)ccc4c3c1)CC2. The quantitative estimate of drug-likeness (QED) is 0.259. The van der Waals surface area contributed by atoms with Gasteiger partial charge >= 0.3 is 0 Å². The Bertz CT molecular complexity index is 1250. The number of hydrogen-bond acceptors (Lipinski definition) is 0. The zero-order valence-corrected chi connectivity index (χ0v) is 16.5. The summed E-state index contributed by atoms with van der Waals surface area (Å²) in [6, 6.07) is 24.8. The lowest BCUT2D eigenvalue weighted by atomic mass is 9.92. The monoisotopic (exact) mass is 360 g/mol. The maximum absolute atomic E-state index is 2.42. The van der Waals surface area contributed by atoms with Crippen LogP contribution in [0.1, 0.15) is 30.5 Å². The first kappa shape index (κ1) is 17.0. The summed E-state index contributed by atoms with van der Waals surface area (Å²) in [7, 11) is 0. The van der Waals surface area contributed by atoms with E-state index in [0.717, 1.165) is 12.8 Å². The van der Waals surface area contributed by atoms with Crippen LogP contribution in [0.15, 0.2) is 85.0 Å². The minimum absolute atomic E-state index is 1.15. The summed E-state index contributed by atoms with van der Waals surface area (Å²) in [4.78, 5) is 0. The second-order valence-electron chi connectivity index (χ2n) is 7.64. The lowest BCUT2D eigenvalue weighted by Crippen LogP contribution is -1.88. The summed E-state index contributed by atoms with van der Waals surface area (Å²) < 4.78 is 0. The van der Waals surface area contributed by atoms with Gasteiger partial charge < -0.3 is 0 Å². The zero-order chi connectivity index (χ0) is 19.1. The second kappa shape index (κ2) is 6.80. The number of aryl methyl sites for hydroxylation is 2. The van der Waals surface area contributed by atoms with Gasteiger partial charge in [0, 0.05) is 0 Å². The third-order valence-electron chi connectivity index (χ3n) is 5.97. The Hall–Kier alpha value is -3.12. The van der Waals surface area contributed by atoms with Crippen molar-refractivity contribution in [3.63, 3.8) is 0 Å². The smallest absolute Gasteiger partial charge is 0.00937 e. The summed E-state index contributed by atoms with van der Waals surface area (Å²) in [6.07, 6.45) is 8.84. The maximum Gasteiger partial charge on any atom is -0.00937 e. The van der Waals surface area contributed by atoms with E-state index in [2.05, 4.69) is 98.8 Å². The molecule has 0 amide bonds. The molecule has 4 aromatic rings. The van der Waals surface area contributed by atoms with Gasteiger partial charge in [-0.1, -0.05) is 72.8 Å². The molecular formula is C28H24. The number of rotatable bonds is 3. The third-order valence-corrected chi connectivity index (χ3v) is 5.97. The van der Waals surface area contributed by atoms with Crippen LogP contribution in [0, 0.1) is 0 Å². The fraction of sp³-hybridized carbons (Fsp3) is 0.143. The van der Waals surface area contributed by atoms with Crippen molar-refractivity contribution in [1.29, 1.82) is 0 Å². The van der Waals surface area contributed by atoms with Crippen molar-refractivity contribution in [2.24, 2.45) is 0 Å². The molecule has 136 valence electrons. The van der Waals surface area contributed by atoms with Crippen LogP contribution in [0.4, 0.5) is 0 Å². The standard InChI is InChI=1S/C28H24/c1-3-8-19(4-2)24-16-22-11-12-23-17-25-15-21(20-9-6-5-7-10-20)13-14-26(25)27(18-24)28(22)23/h3-10,13-18H,11-12H2,1-2H3/b8-3-,19-4+. The molecule has 5 rings (SSSR count). The molecule has 1 aliphatic rings. The van der Waals surface area contributed by atoms with Gasteiger partial charge in [-0.05, 0) is 93.8 Å². The maximum atomic E-state index is 2.42. The molecule has 0 saturated carbocycles. The van der Waals surface area contributed by atoms with E-state index in [1.807, 2.05) is 0 Å². The normalized spacial score (nSPS) is 13.9. The predicted molar refractivity (Wildman–Crippen MR) is 123 cm³/mol. The third kappa shape index (κ3) is 2.68. The van der Waals surface area contributed by atoms with E-state index in [-0.39, 0.29) is 0 Å². The molecule has 0 spiro atoms. The highest BCUT2D eigenvalue weighted by Gasteiger charge is 2.18. The second-order valence-corrected chi connectivity index (χ2v) is 7.64. The summed E-state index contributed by atoms with van der Waals surface area (Å²) in [5.41, 5.74) is 8.20. The van der Waals surface area contributed by atoms with Crippen LogP contribution in [0.25, 0.3) is 38.2 Å². The minimum atomic E-state index is 1.15. The highest BCUT2D eigenvalue weighted by atomic mass is 14.2. The average Bonchev–Trinajstić information content (AvgIpc) is 3.15. The van der Waals surface area contributed by atoms with Gasteiger partial charge in [-0.25, -0.2) is 0 Å². The summed E-state index contributed by atoms with van der Waals surface area (Å²) >= 11 is 0. The minimum Gasteiger partial charge on any atom is -0.0871 e. The fourth-order valence-electron chi connectivity index (χ4n) is 4.66. The average molecular weight is 361 g/mol. The number of benzene rings is 4. The van der Waals surface area contributed by atoms with Gasteiger partial charge in [-0.2, -0.15) is 0 Å². The highest BCUT2D eigenvalue weighted by Crippen LogP contribution is 2.39. The summed E-state index contributed by atoms with van der Waals surface area (Å²) in [6.45, 7) is 4.21. The molecule has 0 N–H and O–H groups in total. The van der Waals surface area contributed by atoms with Crippen LogP contribution in [0.3, 0.4) is 0 Å². The zero-order valence-electron chi connectivity index (χ0n) is 16.5. The molecule has 28 heavy (non-hydrogen) atoms. The first-order valence-electron chi connectivity index (χ1n) is 10.2. The van der Waals surface area contributed by atoms with E-state index >= 15 is 0 Å². The van der Waals surface area contributed by atoms with Crippen molar-refractivity contribution in [3.05, 3.63) is 102 Å². The van der Waals surface area contributed by atoms with Crippen molar-refractivity contribution < 1.29 is 0 Å². The molecule has 0 aliphatic heterocycles. The van der Waals surface area contributed by atoms with Crippen LogP contribution >= 0.6 is 0 Å². The van der Waals surface area contributed by atoms with E-state index in [1.165, 1.54) is 54.9 Å². The lowest BCUT2D eigenvalue weighted by molar-refractivity contribution is 1.02. The van der Waals surface area contributed by atoms with Gasteiger partial charge in [0.2, 0.25) is 0 Å². The van der Waals surface area contributed by atoms with E-state index < -0.39 is 0 Å². The van der Waals surface area contributed by atoms with Crippen molar-refractivity contribution >= 4 is 27.1 Å². The van der Waals surface area contributed by atoms with Crippen molar-refractivity contribution in [1.82, 2.24) is 0 Å². The molecule has 0 bridgehead atoms. The van der Waals surface area contributed by atoms with Crippen LogP contribution in [0.2, 0.25) is 0 Å². The van der Waals surface area contributed by atoms with E-state index in [9.17, 15) is 0 Å². The molecule has 0 nitrogen and oxygen atoms in total. The van der Waals surface area contributed by atoms with Gasteiger partial charge in [0.1, 0.15) is 0 Å². The first-order chi connectivity index (χ1) is 13.8. The first-order valence-corrected chi connectivity index (χ1v) is 10.2. The molecule has 0 aromatic heterocycles. The molecule has 1 aliphatic carbocycles. The molecule has 0 saturated heterocycles. The Kier molecular flexibility index (Phi) is 4.13. The molecule has 0 radical (unpaired) electrons. The van der Waals surface area contributed by atoms with Crippen LogP contribution in [-0.2, 0) is 12.8 Å². The predicted octanol–water partition coefficient (Wildman–Crippen LogP) is 7.74. The molecule has 0 heterocycles. The van der Waals surface area contributed by atoms with Gasteiger partial charge in [0.05, 0.1) is 0 Å². The van der Waals surface area contributed by atoms with Crippen LogP contribution in [0.5, 0.6) is 0 Å². The Morgan fingerprint density at radius 3 is 2.29 bits per heavy atom.